The first kappa shape index (κ1) is 15.0. The van der Waals surface area contributed by atoms with Gasteiger partial charge in [-0.2, -0.15) is 0 Å². The summed E-state index contributed by atoms with van der Waals surface area (Å²) >= 11 is 0. The lowest BCUT2D eigenvalue weighted by atomic mass is 9.75. The minimum atomic E-state index is 0.809. The monoisotopic (exact) mass is 239 g/mol. The van der Waals surface area contributed by atoms with Crippen molar-refractivity contribution in [3.05, 3.63) is 0 Å². The summed E-state index contributed by atoms with van der Waals surface area (Å²) in [4.78, 5) is 0. The Hall–Kier alpha value is -0.0400. The number of rotatable bonds is 8. The van der Waals surface area contributed by atoms with Gasteiger partial charge >= 0.3 is 0 Å². The maximum absolute atomic E-state index is 3.82. The molecule has 1 aliphatic carbocycles. The fourth-order valence-electron chi connectivity index (χ4n) is 3.33. The van der Waals surface area contributed by atoms with Gasteiger partial charge in [-0.1, -0.05) is 52.9 Å². The van der Waals surface area contributed by atoms with Crippen LogP contribution in [-0.2, 0) is 0 Å². The summed E-state index contributed by atoms with van der Waals surface area (Å²) in [5, 5.41) is 3.82. The highest BCUT2D eigenvalue weighted by molar-refractivity contribution is 4.82. The third-order valence-electron chi connectivity index (χ3n) is 4.49. The fourth-order valence-corrected chi connectivity index (χ4v) is 3.33. The first-order chi connectivity index (χ1) is 8.31. The van der Waals surface area contributed by atoms with Gasteiger partial charge in [0.25, 0.3) is 0 Å². The smallest absolute Gasteiger partial charge is 0.00954 e. The van der Waals surface area contributed by atoms with Gasteiger partial charge in [-0.25, -0.2) is 0 Å². The van der Waals surface area contributed by atoms with Crippen LogP contribution in [0, 0.1) is 11.8 Å². The Balaban J connectivity index is 2.42. The van der Waals surface area contributed by atoms with Crippen LogP contribution in [0.2, 0.25) is 0 Å². The zero-order valence-corrected chi connectivity index (χ0v) is 12.3. The van der Waals surface area contributed by atoms with E-state index in [2.05, 4.69) is 26.1 Å². The van der Waals surface area contributed by atoms with E-state index in [-0.39, 0.29) is 0 Å². The van der Waals surface area contributed by atoms with Crippen molar-refractivity contribution in [2.75, 3.05) is 6.54 Å². The van der Waals surface area contributed by atoms with E-state index in [1.54, 1.807) is 0 Å². The van der Waals surface area contributed by atoms with Gasteiger partial charge in [0.15, 0.2) is 0 Å². The molecule has 0 saturated heterocycles. The molecule has 0 aliphatic heterocycles. The highest BCUT2D eigenvalue weighted by atomic mass is 14.9. The molecule has 17 heavy (non-hydrogen) atoms. The normalized spacial score (nSPS) is 27.0. The third kappa shape index (κ3) is 5.42. The van der Waals surface area contributed by atoms with Crippen molar-refractivity contribution in [1.82, 2.24) is 5.32 Å². The predicted molar refractivity (Wildman–Crippen MR) is 77.3 cm³/mol. The zero-order valence-electron chi connectivity index (χ0n) is 12.3. The van der Waals surface area contributed by atoms with Crippen LogP contribution in [0.3, 0.4) is 0 Å². The van der Waals surface area contributed by atoms with Gasteiger partial charge in [0.2, 0.25) is 0 Å². The van der Waals surface area contributed by atoms with E-state index in [4.69, 9.17) is 0 Å². The lowest BCUT2D eigenvalue weighted by Crippen LogP contribution is -2.39. The predicted octanol–water partition coefficient (Wildman–Crippen LogP) is 4.76. The summed E-state index contributed by atoms with van der Waals surface area (Å²) in [6.45, 7) is 8.17. The van der Waals surface area contributed by atoms with Crippen molar-refractivity contribution >= 4 is 0 Å². The Morgan fingerprint density at radius 2 is 1.94 bits per heavy atom. The van der Waals surface area contributed by atoms with Crippen molar-refractivity contribution in [1.29, 1.82) is 0 Å². The molecule has 3 atom stereocenters. The Kier molecular flexibility index (Phi) is 7.92. The second-order valence-electron chi connectivity index (χ2n) is 5.90. The summed E-state index contributed by atoms with van der Waals surface area (Å²) in [5.74, 6) is 1.98. The molecule has 0 radical (unpaired) electrons. The van der Waals surface area contributed by atoms with E-state index in [1.807, 2.05) is 0 Å². The van der Waals surface area contributed by atoms with Gasteiger partial charge in [-0.05, 0) is 44.1 Å². The topological polar surface area (TPSA) is 12.0 Å². The molecule has 1 N–H and O–H groups in total. The van der Waals surface area contributed by atoms with Gasteiger partial charge < -0.3 is 5.32 Å². The lowest BCUT2D eigenvalue weighted by Gasteiger charge is -2.35. The van der Waals surface area contributed by atoms with Crippen LogP contribution in [0.5, 0.6) is 0 Å². The van der Waals surface area contributed by atoms with Crippen LogP contribution in [0.25, 0.3) is 0 Å². The molecule has 1 aliphatic rings. The van der Waals surface area contributed by atoms with Crippen molar-refractivity contribution in [2.45, 2.75) is 84.6 Å². The van der Waals surface area contributed by atoms with Crippen LogP contribution in [0.15, 0.2) is 0 Å². The molecule has 0 aromatic heterocycles. The van der Waals surface area contributed by atoms with E-state index < -0.39 is 0 Å². The molecule has 1 fully saturated rings. The maximum atomic E-state index is 3.82. The molecule has 3 unspecified atom stereocenters. The van der Waals surface area contributed by atoms with Crippen molar-refractivity contribution in [3.8, 4) is 0 Å². The van der Waals surface area contributed by atoms with E-state index in [0.717, 1.165) is 17.9 Å². The molecule has 0 heterocycles. The van der Waals surface area contributed by atoms with E-state index in [9.17, 15) is 0 Å². The first-order valence-corrected chi connectivity index (χ1v) is 8.05. The summed E-state index contributed by atoms with van der Waals surface area (Å²) in [6, 6.07) is 0.809. The Morgan fingerprint density at radius 1 is 1.12 bits per heavy atom. The fraction of sp³-hybridized carbons (Fsp3) is 1.00. The van der Waals surface area contributed by atoms with Crippen LogP contribution in [-0.4, -0.2) is 12.6 Å². The van der Waals surface area contributed by atoms with Crippen molar-refractivity contribution in [3.63, 3.8) is 0 Å². The molecule has 0 spiro atoms. The highest BCUT2D eigenvalue weighted by Crippen LogP contribution is 2.34. The van der Waals surface area contributed by atoms with E-state index in [0.29, 0.717) is 0 Å². The molecule has 0 aromatic carbocycles. The Bertz CT molecular complexity index is 170. The molecule has 0 amide bonds. The van der Waals surface area contributed by atoms with Gasteiger partial charge in [0.1, 0.15) is 0 Å². The number of nitrogens with one attached hydrogen (secondary N) is 1. The largest absolute Gasteiger partial charge is 0.314 e. The number of hydrogen-bond acceptors (Lipinski definition) is 1. The quantitative estimate of drug-likeness (QED) is 0.644. The van der Waals surface area contributed by atoms with E-state index >= 15 is 0 Å². The van der Waals surface area contributed by atoms with Crippen LogP contribution in [0.4, 0.5) is 0 Å². The zero-order chi connectivity index (χ0) is 12.5. The minimum absolute atomic E-state index is 0.809. The number of unbranched alkanes of at least 4 members (excludes halogenated alkanes) is 1. The second-order valence-corrected chi connectivity index (χ2v) is 5.90. The summed E-state index contributed by atoms with van der Waals surface area (Å²) in [6.07, 6.45) is 12.7. The summed E-state index contributed by atoms with van der Waals surface area (Å²) < 4.78 is 0. The van der Waals surface area contributed by atoms with Gasteiger partial charge in [-0.15, -0.1) is 0 Å². The van der Waals surface area contributed by atoms with Crippen molar-refractivity contribution in [2.24, 2.45) is 11.8 Å². The minimum Gasteiger partial charge on any atom is -0.314 e. The first-order valence-electron chi connectivity index (χ1n) is 8.05. The standard InChI is InChI=1S/C16H33N/c1-4-7-11-16(17-12-5-2)15-10-8-9-14(6-3)13-15/h14-17H,4-13H2,1-3H3. The van der Waals surface area contributed by atoms with E-state index in [1.165, 1.54) is 64.3 Å². The maximum Gasteiger partial charge on any atom is 0.00954 e. The molecule has 1 rings (SSSR count). The molecule has 0 bridgehead atoms. The molecule has 102 valence electrons. The Labute approximate surface area is 109 Å². The molecule has 1 heteroatoms. The van der Waals surface area contributed by atoms with Crippen LogP contribution >= 0.6 is 0 Å². The molecular formula is C16H33N. The summed E-state index contributed by atoms with van der Waals surface area (Å²) in [5.41, 5.74) is 0. The SMILES string of the molecule is CCCCC(NCCC)C1CCCC(CC)C1. The average molecular weight is 239 g/mol. The highest BCUT2D eigenvalue weighted by Gasteiger charge is 2.26. The molecule has 0 aromatic rings. The van der Waals surface area contributed by atoms with Crippen molar-refractivity contribution < 1.29 is 0 Å². The third-order valence-corrected chi connectivity index (χ3v) is 4.49. The molecular weight excluding hydrogens is 206 g/mol. The van der Waals surface area contributed by atoms with Crippen LogP contribution < -0.4 is 5.32 Å². The molecule has 1 saturated carbocycles. The molecule has 1 nitrogen and oxygen atoms in total. The van der Waals surface area contributed by atoms with Gasteiger partial charge in [0, 0.05) is 6.04 Å². The lowest BCUT2D eigenvalue weighted by molar-refractivity contribution is 0.200. The van der Waals surface area contributed by atoms with Gasteiger partial charge in [0.05, 0.1) is 0 Å². The summed E-state index contributed by atoms with van der Waals surface area (Å²) in [7, 11) is 0. The average Bonchev–Trinajstić information content (AvgIpc) is 2.39. The van der Waals surface area contributed by atoms with Crippen LogP contribution in [0.1, 0.15) is 78.6 Å². The van der Waals surface area contributed by atoms with Gasteiger partial charge in [-0.3, -0.25) is 0 Å². The number of hydrogen-bond donors (Lipinski definition) is 1. The Morgan fingerprint density at radius 3 is 2.59 bits per heavy atom. The second kappa shape index (κ2) is 8.97.